The van der Waals surface area contributed by atoms with Crippen LogP contribution in [0, 0.1) is 6.07 Å². The number of hydrogen-bond acceptors (Lipinski definition) is 1. The van der Waals surface area contributed by atoms with Gasteiger partial charge in [0.15, 0.2) is 0 Å². The van der Waals surface area contributed by atoms with Gasteiger partial charge >= 0.3 is 0 Å². The quantitative estimate of drug-likeness (QED) is 0.607. The van der Waals surface area contributed by atoms with E-state index < -0.39 is 0 Å². The Hall–Kier alpha value is -1.83. The van der Waals surface area contributed by atoms with Gasteiger partial charge in [-0.25, -0.2) is 0 Å². The van der Waals surface area contributed by atoms with E-state index in [9.17, 15) is 0 Å². The summed E-state index contributed by atoms with van der Waals surface area (Å²) < 4.78 is 0.847. The summed E-state index contributed by atoms with van der Waals surface area (Å²) in [5, 5.41) is 7.86. The smallest absolute Gasteiger partial charge is 0.0805 e. The summed E-state index contributed by atoms with van der Waals surface area (Å²) in [5.41, 5.74) is 0.939. The van der Waals surface area contributed by atoms with E-state index in [0.29, 0.717) is 0 Å². The van der Waals surface area contributed by atoms with E-state index in [2.05, 4.69) is 32.2 Å². The van der Waals surface area contributed by atoms with Gasteiger partial charge in [-0.1, -0.05) is 5.39 Å². The van der Waals surface area contributed by atoms with Gasteiger partial charge in [0.2, 0.25) is 0 Å². The van der Waals surface area contributed by atoms with E-state index in [1.807, 2.05) is 18.2 Å². The first kappa shape index (κ1) is 7.28. The van der Waals surface area contributed by atoms with E-state index in [4.69, 9.17) is 0 Å². The van der Waals surface area contributed by atoms with Crippen LogP contribution in [0.15, 0.2) is 22.8 Å². The van der Waals surface area contributed by atoms with Crippen LogP contribution in [0.1, 0.15) is 0 Å². The monoisotopic (exact) mass is 454 g/mol. The zero-order valence-corrected chi connectivity index (χ0v) is 9.14. The van der Waals surface area contributed by atoms with E-state index in [1.54, 1.807) is 0 Å². The fraction of sp³-hybridized carbons (Fsp3) is 0. The summed E-state index contributed by atoms with van der Waals surface area (Å²) in [6, 6.07) is 8.80. The van der Waals surface area contributed by atoms with Crippen LogP contribution in [0.2, 0.25) is 0 Å². The average Bonchev–Trinajstić information content (AvgIpc) is 2.34. The zero-order chi connectivity index (χ0) is 6.97. The molecular weight excluding hydrogens is 451 g/mol. The first-order chi connectivity index (χ1) is 4.88. The number of nitrogens with zero attached hydrogens (tertiary/aromatic N) is 1. The number of rotatable bonds is 0. The molecule has 0 bridgehead atoms. The molecule has 1 heterocycles. The van der Waals surface area contributed by atoms with Crippen molar-refractivity contribution in [2.75, 3.05) is 0 Å². The fourth-order valence-corrected chi connectivity index (χ4v) is 1.29. The van der Waals surface area contributed by atoms with Crippen LogP contribution in [0.4, 0.5) is 0 Å². The Morgan fingerprint density at radius 2 is 2.36 bits per heavy atom. The van der Waals surface area contributed by atoms with Crippen LogP contribution < -0.4 is 0 Å². The summed E-state index contributed by atoms with van der Waals surface area (Å²) in [4.78, 5) is 0. The van der Waals surface area contributed by atoms with Crippen LogP contribution in [-0.4, -0.2) is 10.2 Å². The summed E-state index contributed by atoms with van der Waals surface area (Å²) in [5.74, 6) is 0. The molecule has 0 spiro atoms. The minimum atomic E-state index is 0. The molecule has 1 N–H and O–H groups in total. The Kier molecular flexibility index (Phi) is 1.60. The topological polar surface area (TPSA) is 28.7 Å². The van der Waals surface area contributed by atoms with Crippen molar-refractivity contribution >= 4 is 26.8 Å². The number of aromatic amines is 1. The van der Waals surface area contributed by atoms with Gasteiger partial charge in [-0.3, -0.25) is 0 Å². The molecular formula is C7H4BrN2No-. The largest absolute Gasteiger partial charge is 0.303 e. The van der Waals surface area contributed by atoms with Gasteiger partial charge in [0.05, 0.1) is 4.60 Å². The van der Waals surface area contributed by atoms with Gasteiger partial charge in [0, 0.05) is 0 Å². The number of aromatic nitrogens is 2. The number of nitrogens with one attached hydrogen (secondary N) is 1. The van der Waals surface area contributed by atoms with Crippen molar-refractivity contribution in [1.82, 2.24) is 10.2 Å². The van der Waals surface area contributed by atoms with E-state index in [0.717, 1.165) is 15.5 Å². The van der Waals surface area contributed by atoms with Crippen molar-refractivity contribution in [3.8, 4) is 0 Å². The molecule has 0 saturated carbocycles. The third kappa shape index (κ3) is 0.942. The Balaban J connectivity index is 0.000000605. The second kappa shape index (κ2) is 2.42. The molecule has 2 nitrogen and oxygen atoms in total. The minimum Gasteiger partial charge on any atom is -0.303 e. The van der Waals surface area contributed by atoms with Gasteiger partial charge < -0.3 is 5.10 Å². The maximum absolute atomic E-state index is 3.96. The predicted molar refractivity (Wildman–Crippen MR) is 42.6 cm³/mol. The number of benzene rings is 1. The fourth-order valence-electron chi connectivity index (χ4n) is 0.866. The molecule has 4 heteroatoms. The van der Waals surface area contributed by atoms with E-state index in [1.165, 1.54) is 0 Å². The molecule has 11 heavy (non-hydrogen) atoms. The van der Waals surface area contributed by atoms with Gasteiger partial charge in [0.25, 0.3) is 0 Å². The molecule has 0 aliphatic carbocycles. The van der Waals surface area contributed by atoms with Crippen molar-refractivity contribution in [2.24, 2.45) is 0 Å². The van der Waals surface area contributed by atoms with Crippen molar-refractivity contribution < 1.29 is 0 Å². The number of halogens is 1. The molecule has 0 saturated heterocycles. The number of hydrogen-bond donors (Lipinski definition) is 1. The predicted octanol–water partition coefficient (Wildman–Crippen LogP) is 2.13. The van der Waals surface area contributed by atoms with Crippen LogP contribution >= 0.6 is 15.9 Å². The average molecular weight is 455 g/mol. The second-order valence-electron chi connectivity index (χ2n) is 1.97. The van der Waals surface area contributed by atoms with Crippen LogP contribution in [0.3, 0.4) is 0 Å². The number of fused-ring (bicyclic) bond motifs is 1. The maximum Gasteiger partial charge on any atom is 0.0805 e. The normalized spacial score (nSPS) is 9.55. The zero-order valence-electron chi connectivity index (χ0n) is 5.32. The first-order valence-electron chi connectivity index (χ1n) is 2.88. The molecule has 0 radical (unpaired) electrons. The molecule has 1 aromatic carbocycles. The van der Waals surface area contributed by atoms with Crippen molar-refractivity contribution in [3.05, 3.63) is 28.9 Å². The van der Waals surface area contributed by atoms with E-state index >= 15 is 0 Å². The van der Waals surface area contributed by atoms with Crippen molar-refractivity contribution in [2.45, 2.75) is 0 Å². The molecule has 0 unspecified atom stereocenters. The molecule has 0 amide bonds. The first-order valence-corrected chi connectivity index (χ1v) is 3.67. The molecule has 0 aliphatic rings. The van der Waals surface area contributed by atoms with Gasteiger partial charge in [-0.05, 0) is 21.4 Å². The summed E-state index contributed by atoms with van der Waals surface area (Å²) >= 11 is 3.30. The second-order valence-corrected chi connectivity index (χ2v) is 2.72. The Morgan fingerprint density at radius 3 is 3.09 bits per heavy atom. The molecule has 0 aliphatic heterocycles. The van der Waals surface area contributed by atoms with Crippen molar-refractivity contribution in [1.29, 1.82) is 0 Å². The molecule has 0 fully saturated rings. The molecule has 0 atom stereocenters. The molecule has 1 aromatic heterocycles. The van der Waals surface area contributed by atoms with E-state index in [-0.39, 0.29) is 0 Å². The Morgan fingerprint density at radius 1 is 1.55 bits per heavy atom. The van der Waals surface area contributed by atoms with Crippen LogP contribution in [0.25, 0.3) is 10.9 Å². The summed E-state index contributed by atoms with van der Waals surface area (Å²) in [6.45, 7) is 0. The number of H-pyrrole nitrogens is 1. The summed E-state index contributed by atoms with van der Waals surface area (Å²) in [6.07, 6.45) is 0. The van der Waals surface area contributed by atoms with Gasteiger partial charge in [0.1, 0.15) is 0 Å². The molecule has 64 valence electrons. The molecule has 2 rings (SSSR count). The number of para-hydroxylation sites is 1. The summed E-state index contributed by atoms with van der Waals surface area (Å²) in [7, 11) is 0. The van der Waals surface area contributed by atoms with Gasteiger partial charge in [-0.2, -0.15) is 29.4 Å². The third-order valence-corrected chi connectivity index (χ3v) is 1.95. The van der Waals surface area contributed by atoms with Crippen molar-refractivity contribution in [3.63, 3.8) is 0 Å². The Bertz CT molecular complexity index is 358. The maximum atomic E-state index is 3.96. The molecule has 2 aromatic rings. The standard InChI is InChI=1S/C7H4BrN2.No/c8-7-5-3-1-2-4-6(5)9-10-7;/h1-3H,(H,9,10);/q-1;. The minimum absolute atomic E-state index is 0. The van der Waals surface area contributed by atoms with Gasteiger partial charge in [-0.15, -0.1) is 0 Å². The Labute approximate surface area is 66.4 Å². The van der Waals surface area contributed by atoms with Crippen LogP contribution in [-0.2, 0) is 0 Å². The SMILES string of the molecule is Brc1n[nH]c2[c-]cccc12.[No]. The third-order valence-electron chi connectivity index (χ3n) is 1.34. The van der Waals surface area contributed by atoms with Crippen LogP contribution in [0.5, 0.6) is 0 Å².